The Morgan fingerprint density at radius 3 is 2.64 bits per heavy atom. The molecule has 0 spiro atoms. The van der Waals surface area contributed by atoms with Crippen molar-refractivity contribution in [1.82, 2.24) is 9.13 Å². The molecule has 9 heteroatoms. The van der Waals surface area contributed by atoms with Gasteiger partial charge in [0.2, 0.25) is 0 Å². The Morgan fingerprint density at radius 2 is 1.89 bits per heavy atom. The highest BCUT2D eigenvalue weighted by molar-refractivity contribution is 7.15. The van der Waals surface area contributed by atoms with Crippen LogP contribution in [0.5, 0.6) is 5.75 Å². The van der Waals surface area contributed by atoms with Crippen LogP contribution >= 0.6 is 22.7 Å². The van der Waals surface area contributed by atoms with Crippen molar-refractivity contribution in [3.8, 4) is 16.8 Å². The third-order valence-electron chi connectivity index (χ3n) is 9.05. The molecule has 0 saturated carbocycles. The monoisotopic (exact) mass is 632 g/mol. The van der Waals surface area contributed by atoms with Crippen LogP contribution in [0.3, 0.4) is 0 Å². The van der Waals surface area contributed by atoms with E-state index in [1.165, 1.54) is 28.7 Å². The molecule has 4 heterocycles. The molecule has 2 aliphatic rings. The van der Waals surface area contributed by atoms with Gasteiger partial charge in [0.15, 0.2) is 10.6 Å². The second-order valence-corrected chi connectivity index (χ2v) is 13.8. The lowest BCUT2D eigenvalue weighted by Crippen LogP contribution is -2.39. The minimum atomic E-state index is -0.690. The number of nitriles is 1. The van der Waals surface area contributed by atoms with Gasteiger partial charge in [-0.15, -0.1) is 11.3 Å². The lowest BCUT2D eigenvalue weighted by Gasteiger charge is -2.27. The average molecular weight is 633 g/mol. The van der Waals surface area contributed by atoms with Gasteiger partial charge < -0.3 is 9.30 Å². The zero-order chi connectivity index (χ0) is 31.6. The number of aryl methyl sites for hydroxylation is 2. The quantitative estimate of drug-likeness (QED) is 0.231. The van der Waals surface area contributed by atoms with Gasteiger partial charge in [0, 0.05) is 33.1 Å². The van der Waals surface area contributed by atoms with Gasteiger partial charge in [-0.25, -0.2) is 4.99 Å². The van der Waals surface area contributed by atoms with Crippen molar-refractivity contribution in [2.24, 2.45) is 4.99 Å². The van der Waals surface area contributed by atoms with Gasteiger partial charge in [-0.2, -0.15) is 5.26 Å². The molecule has 0 fully saturated rings. The van der Waals surface area contributed by atoms with Crippen molar-refractivity contribution in [2.45, 2.75) is 59.4 Å². The van der Waals surface area contributed by atoms with Crippen LogP contribution in [0, 0.1) is 25.2 Å². The fourth-order valence-electron chi connectivity index (χ4n) is 6.99. The molecular formula is C36H32N4O3S2. The number of carbonyl (C=O) groups is 1. The number of aromatic nitrogens is 2. The molecular weight excluding hydrogens is 601 g/mol. The summed E-state index contributed by atoms with van der Waals surface area (Å²) >= 11 is 3.04. The van der Waals surface area contributed by atoms with E-state index >= 15 is 0 Å². The molecule has 0 N–H and O–H groups in total. The van der Waals surface area contributed by atoms with Gasteiger partial charge in [0.25, 0.3) is 5.56 Å². The highest BCUT2D eigenvalue weighted by Crippen LogP contribution is 2.41. The van der Waals surface area contributed by atoms with Crippen LogP contribution in [-0.4, -0.2) is 22.0 Å². The van der Waals surface area contributed by atoms with Gasteiger partial charge >= 0.3 is 0 Å². The molecule has 0 amide bonds. The number of hydrogen-bond acceptors (Lipinski definition) is 7. The van der Waals surface area contributed by atoms with Crippen molar-refractivity contribution in [3.63, 3.8) is 0 Å². The van der Waals surface area contributed by atoms with Crippen molar-refractivity contribution in [1.29, 1.82) is 5.26 Å². The van der Waals surface area contributed by atoms with Crippen LogP contribution in [-0.2, 0) is 17.6 Å². The van der Waals surface area contributed by atoms with Gasteiger partial charge in [0.1, 0.15) is 16.8 Å². The first-order valence-corrected chi connectivity index (χ1v) is 16.7. The van der Waals surface area contributed by atoms with Crippen molar-refractivity contribution in [3.05, 3.63) is 112 Å². The summed E-state index contributed by atoms with van der Waals surface area (Å²) in [6.45, 7) is 7.44. The summed E-state index contributed by atoms with van der Waals surface area (Å²) in [5.74, 6) is 0.471. The number of Topliss-reactive ketones (excluding diaryl/α,β-unsaturated/α-hetero) is 1. The zero-order valence-electron chi connectivity index (χ0n) is 25.9. The molecule has 0 radical (unpaired) electrons. The van der Waals surface area contributed by atoms with Crippen LogP contribution < -0.4 is 19.6 Å². The predicted molar refractivity (Wildman–Crippen MR) is 179 cm³/mol. The number of hydrogen-bond donors (Lipinski definition) is 0. The van der Waals surface area contributed by atoms with Crippen LogP contribution in [0.2, 0.25) is 0 Å². The molecule has 7 rings (SSSR count). The van der Waals surface area contributed by atoms with E-state index in [0.29, 0.717) is 26.4 Å². The second kappa shape index (κ2) is 11.1. The summed E-state index contributed by atoms with van der Waals surface area (Å²) in [6, 6.07) is 15.7. The minimum Gasteiger partial charge on any atom is -0.496 e. The number of rotatable bonds is 5. The number of thiophene rings is 1. The van der Waals surface area contributed by atoms with Crippen molar-refractivity contribution < 1.29 is 9.53 Å². The second-order valence-electron chi connectivity index (χ2n) is 11.7. The van der Waals surface area contributed by atoms with Crippen molar-refractivity contribution in [2.75, 3.05) is 7.11 Å². The SMILES string of the molecule is COc1ccc2ccccc2c1[C@@H]1C(C(C)=O)=C(C)N=c2s/c(=C\c3cc(C)n(-c4sc5c(c4C#N)CCCC5)c3C)c(=O)n21. The van der Waals surface area contributed by atoms with E-state index in [0.717, 1.165) is 69.5 Å². The third-order valence-corrected chi connectivity index (χ3v) is 11.3. The topological polar surface area (TPSA) is 89.4 Å². The number of ketones is 1. The van der Waals surface area contributed by atoms with E-state index in [1.54, 1.807) is 23.0 Å². The van der Waals surface area contributed by atoms with Gasteiger partial charge in [-0.05, 0) is 93.5 Å². The number of methoxy groups -OCH3 is 1. The molecule has 1 aliphatic heterocycles. The molecule has 226 valence electrons. The summed E-state index contributed by atoms with van der Waals surface area (Å²) in [5.41, 5.74) is 6.51. The molecule has 5 aromatic rings. The first kappa shape index (κ1) is 29.2. The maximum atomic E-state index is 14.4. The number of ether oxygens (including phenoxy) is 1. The summed E-state index contributed by atoms with van der Waals surface area (Å²) in [6.07, 6.45) is 6.17. The zero-order valence-corrected chi connectivity index (χ0v) is 27.5. The number of allylic oxidation sites excluding steroid dienone is 2. The maximum Gasteiger partial charge on any atom is 0.271 e. The fourth-order valence-corrected chi connectivity index (χ4v) is 9.48. The number of benzene rings is 2. The summed E-state index contributed by atoms with van der Waals surface area (Å²) in [7, 11) is 1.61. The minimum absolute atomic E-state index is 0.138. The summed E-state index contributed by atoms with van der Waals surface area (Å²) in [5, 5.41) is 13.0. The Labute approximate surface area is 268 Å². The molecule has 1 atom stereocenters. The first-order valence-electron chi connectivity index (χ1n) is 15.1. The summed E-state index contributed by atoms with van der Waals surface area (Å²) < 4.78 is 10.2. The Kier molecular flexibility index (Phi) is 7.22. The highest BCUT2D eigenvalue weighted by atomic mass is 32.1. The lowest BCUT2D eigenvalue weighted by atomic mass is 9.89. The van der Waals surface area contributed by atoms with Crippen LogP contribution in [0.4, 0.5) is 0 Å². The molecule has 7 nitrogen and oxygen atoms in total. The average Bonchev–Trinajstić information content (AvgIpc) is 3.64. The van der Waals surface area contributed by atoms with E-state index in [4.69, 9.17) is 9.73 Å². The molecule has 0 unspecified atom stereocenters. The molecule has 0 bridgehead atoms. The van der Waals surface area contributed by atoms with Crippen LogP contribution in [0.25, 0.3) is 21.8 Å². The molecule has 1 aliphatic carbocycles. The van der Waals surface area contributed by atoms with E-state index in [9.17, 15) is 14.9 Å². The normalized spacial score (nSPS) is 16.4. The maximum absolute atomic E-state index is 14.4. The molecule has 2 aromatic carbocycles. The van der Waals surface area contributed by atoms with Crippen LogP contribution in [0.15, 0.2) is 63.5 Å². The Balaban J connectivity index is 1.44. The van der Waals surface area contributed by atoms with E-state index < -0.39 is 6.04 Å². The van der Waals surface area contributed by atoms with E-state index in [1.807, 2.05) is 63.2 Å². The predicted octanol–water partition coefficient (Wildman–Crippen LogP) is 6.21. The lowest BCUT2D eigenvalue weighted by molar-refractivity contribution is -0.114. The van der Waals surface area contributed by atoms with Gasteiger partial charge in [-0.1, -0.05) is 41.7 Å². The van der Waals surface area contributed by atoms with E-state index in [-0.39, 0.29) is 11.3 Å². The molecule has 3 aromatic heterocycles. The number of nitrogens with zero attached hydrogens (tertiary/aromatic N) is 4. The summed E-state index contributed by atoms with van der Waals surface area (Å²) in [4.78, 5) is 34.2. The Hall–Kier alpha value is -4.52. The molecule has 45 heavy (non-hydrogen) atoms. The number of thiazole rings is 1. The number of carbonyl (C=O) groups excluding carboxylic acids is 1. The van der Waals surface area contributed by atoms with Gasteiger partial charge in [-0.3, -0.25) is 14.2 Å². The third kappa shape index (κ3) is 4.54. The first-order chi connectivity index (χ1) is 21.7. The largest absolute Gasteiger partial charge is 0.496 e. The fraction of sp³-hybridized carbons (Fsp3) is 0.278. The van der Waals surface area contributed by atoms with Crippen LogP contribution in [0.1, 0.15) is 71.2 Å². The smallest absolute Gasteiger partial charge is 0.271 e. The molecule has 0 saturated heterocycles. The van der Waals surface area contributed by atoms with Crippen molar-refractivity contribution >= 4 is 45.3 Å². The van der Waals surface area contributed by atoms with Gasteiger partial charge in [0.05, 0.1) is 23.2 Å². The number of fused-ring (bicyclic) bond motifs is 3. The Morgan fingerprint density at radius 1 is 1.11 bits per heavy atom. The standard InChI is InChI=1S/C36H32N4O3S2/c1-19-16-24(21(3)39(19)35-27(18-37)26-12-8-9-13-29(26)44-35)17-30-34(42)40-33(31(22(4)41)20(2)38-36(40)45-30)32-25-11-7-6-10-23(25)14-15-28(32)43-5/h6-7,10-11,14-17,33H,8-9,12-13H2,1-5H3/b30-17-/t33-/m0/s1. The Bertz CT molecular complexity index is 2320. The van der Waals surface area contributed by atoms with E-state index in [2.05, 4.69) is 16.7 Å². The highest BCUT2D eigenvalue weighted by Gasteiger charge is 2.34.